The van der Waals surface area contributed by atoms with E-state index in [1.807, 2.05) is 0 Å². The molecule has 2 rings (SSSR count). The van der Waals surface area contributed by atoms with Crippen molar-refractivity contribution in [1.29, 1.82) is 0 Å². The molecule has 0 fully saturated rings. The van der Waals surface area contributed by atoms with Crippen molar-refractivity contribution in [2.45, 2.75) is 13.0 Å². The lowest BCUT2D eigenvalue weighted by molar-refractivity contribution is -0.153. The highest BCUT2D eigenvalue weighted by Gasteiger charge is 2.23. The van der Waals surface area contributed by atoms with E-state index in [0.717, 1.165) is 0 Å². The normalized spacial score (nSPS) is 12.4. The molecule has 0 aliphatic heterocycles. The number of aliphatic hydroxyl groups excluding tert-OH is 1. The van der Waals surface area contributed by atoms with E-state index >= 15 is 0 Å². The number of benzene rings is 1. The molecule has 6 nitrogen and oxygen atoms in total. The fraction of sp³-hybridized carbons (Fsp3) is 0.333. The molecule has 1 N–H and O–H groups in total. The molecule has 1 atom stereocenters. The third-order valence-electron chi connectivity index (χ3n) is 2.41. The average Bonchev–Trinajstić information content (AvgIpc) is 2.80. The van der Waals surface area contributed by atoms with E-state index in [-0.39, 0.29) is 12.7 Å². The monoisotopic (exact) mass is 251 g/mol. The Bertz CT molecular complexity index is 563. The number of methoxy groups -OCH3 is 1. The second-order valence-electron chi connectivity index (χ2n) is 3.53. The summed E-state index contributed by atoms with van der Waals surface area (Å²) in [5, 5.41) is 9.90. The number of nitrogens with zero attached hydrogens (tertiary/aromatic N) is 1. The van der Waals surface area contributed by atoms with Crippen LogP contribution in [0.25, 0.3) is 11.1 Å². The topological polar surface area (TPSA) is 81.8 Å². The van der Waals surface area contributed by atoms with Gasteiger partial charge < -0.3 is 19.0 Å². The van der Waals surface area contributed by atoms with Gasteiger partial charge in [0.2, 0.25) is 0 Å². The first-order valence-corrected chi connectivity index (χ1v) is 5.45. The maximum Gasteiger partial charge on any atom is 0.394 e. The lowest BCUT2D eigenvalue weighted by Gasteiger charge is -2.09. The number of hydrogen-bond donors (Lipinski definition) is 1. The minimum absolute atomic E-state index is 0.0773. The van der Waals surface area contributed by atoms with Gasteiger partial charge in [0.05, 0.1) is 13.7 Å². The number of para-hydroxylation sites is 1. The molecule has 0 spiro atoms. The van der Waals surface area contributed by atoms with Crippen LogP contribution in [0.1, 0.15) is 18.6 Å². The predicted molar refractivity (Wildman–Crippen MR) is 62.2 cm³/mol. The van der Waals surface area contributed by atoms with Gasteiger partial charge in [-0.3, -0.25) is 0 Å². The molecule has 2 aromatic rings. The molecule has 0 radical (unpaired) electrons. The minimum atomic E-state index is -1.39. The third-order valence-corrected chi connectivity index (χ3v) is 2.41. The molecular formula is C12H13NO5. The van der Waals surface area contributed by atoms with Crippen LogP contribution in [0, 0.1) is 0 Å². The SMILES string of the molecule is CCOC(=O)C(O)c1cccc2oc(OC)nc12. The molecule has 96 valence electrons. The fourth-order valence-corrected chi connectivity index (χ4v) is 1.61. The van der Waals surface area contributed by atoms with E-state index in [1.54, 1.807) is 25.1 Å². The highest BCUT2D eigenvalue weighted by molar-refractivity contribution is 5.85. The number of carbonyl (C=O) groups is 1. The quantitative estimate of drug-likeness (QED) is 0.828. The molecule has 6 heteroatoms. The first kappa shape index (κ1) is 12.4. The molecule has 0 aliphatic rings. The van der Waals surface area contributed by atoms with Crippen LogP contribution in [0.15, 0.2) is 22.6 Å². The Morgan fingerprint density at radius 3 is 3.00 bits per heavy atom. The number of aromatic nitrogens is 1. The van der Waals surface area contributed by atoms with Crippen LogP contribution >= 0.6 is 0 Å². The highest BCUT2D eigenvalue weighted by Crippen LogP contribution is 2.27. The zero-order chi connectivity index (χ0) is 13.1. The van der Waals surface area contributed by atoms with Gasteiger partial charge in [0.15, 0.2) is 11.7 Å². The van der Waals surface area contributed by atoms with Gasteiger partial charge in [-0.1, -0.05) is 12.1 Å². The van der Waals surface area contributed by atoms with Crippen LogP contribution in [0.3, 0.4) is 0 Å². The van der Waals surface area contributed by atoms with Gasteiger partial charge in [0.1, 0.15) is 5.52 Å². The maximum absolute atomic E-state index is 11.5. The predicted octanol–water partition coefficient (Wildman–Crippen LogP) is 1.43. The summed E-state index contributed by atoms with van der Waals surface area (Å²) in [5.41, 5.74) is 1.15. The molecule has 0 bridgehead atoms. The zero-order valence-electron chi connectivity index (χ0n) is 10.0. The number of rotatable bonds is 4. The number of aliphatic hydroxyl groups is 1. The Morgan fingerprint density at radius 1 is 1.56 bits per heavy atom. The summed E-state index contributed by atoms with van der Waals surface area (Å²) in [6.07, 6.45) is -1.31. The first-order valence-electron chi connectivity index (χ1n) is 5.45. The van der Waals surface area contributed by atoms with Crippen molar-refractivity contribution in [3.8, 4) is 6.08 Å². The van der Waals surface area contributed by atoms with Crippen molar-refractivity contribution in [3.05, 3.63) is 23.8 Å². The van der Waals surface area contributed by atoms with Crippen LogP contribution in [0.4, 0.5) is 0 Å². The van der Waals surface area contributed by atoms with Crippen LogP contribution in [-0.4, -0.2) is 29.8 Å². The Morgan fingerprint density at radius 2 is 2.33 bits per heavy atom. The van der Waals surface area contributed by atoms with Crippen LogP contribution in [-0.2, 0) is 9.53 Å². The number of oxazole rings is 1. The van der Waals surface area contributed by atoms with Crippen LogP contribution < -0.4 is 4.74 Å². The molecule has 0 saturated heterocycles. The van der Waals surface area contributed by atoms with E-state index in [9.17, 15) is 9.90 Å². The fourth-order valence-electron chi connectivity index (χ4n) is 1.61. The molecule has 1 heterocycles. The smallest absolute Gasteiger partial charge is 0.394 e. The summed E-state index contributed by atoms with van der Waals surface area (Å²) in [6, 6.07) is 4.92. The van der Waals surface area contributed by atoms with Crippen LogP contribution in [0.5, 0.6) is 6.08 Å². The Labute approximate surface area is 103 Å². The molecule has 0 aliphatic carbocycles. The largest absolute Gasteiger partial charge is 0.464 e. The van der Waals surface area contributed by atoms with E-state index < -0.39 is 12.1 Å². The van der Waals surface area contributed by atoms with E-state index in [0.29, 0.717) is 16.7 Å². The van der Waals surface area contributed by atoms with Crippen molar-refractivity contribution in [1.82, 2.24) is 4.98 Å². The minimum Gasteiger partial charge on any atom is -0.464 e. The van der Waals surface area contributed by atoms with Crippen molar-refractivity contribution in [2.24, 2.45) is 0 Å². The Kier molecular flexibility index (Phi) is 3.47. The lowest BCUT2D eigenvalue weighted by atomic mass is 10.1. The van der Waals surface area contributed by atoms with Gasteiger partial charge in [0, 0.05) is 5.56 Å². The molecule has 0 amide bonds. The van der Waals surface area contributed by atoms with E-state index in [2.05, 4.69) is 4.98 Å². The van der Waals surface area contributed by atoms with E-state index in [4.69, 9.17) is 13.9 Å². The average molecular weight is 251 g/mol. The summed E-state index contributed by atoms with van der Waals surface area (Å²) >= 11 is 0. The summed E-state index contributed by atoms with van der Waals surface area (Å²) in [5.74, 6) is -0.716. The first-order chi connectivity index (χ1) is 8.67. The molecule has 0 saturated carbocycles. The summed E-state index contributed by atoms with van der Waals surface area (Å²) < 4.78 is 14.9. The number of fused-ring (bicyclic) bond motifs is 1. The Balaban J connectivity index is 2.43. The lowest BCUT2D eigenvalue weighted by Crippen LogP contribution is -2.15. The van der Waals surface area contributed by atoms with Gasteiger partial charge >= 0.3 is 12.0 Å². The third kappa shape index (κ3) is 2.14. The zero-order valence-corrected chi connectivity index (χ0v) is 10.0. The van der Waals surface area contributed by atoms with Crippen molar-refractivity contribution in [2.75, 3.05) is 13.7 Å². The van der Waals surface area contributed by atoms with Gasteiger partial charge in [-0.2, -0.15) is 4.98 Å². The molecule has 18 heavy (non-hydrogen) atoms. The second kappa shape index (κ2) is 5.05. The second-order valence-corrected chi connectivity index (χ2v) is 3.53. The van der Waals surface area contributed by atoms with Crippen molar-refractivity contribution >= 4 is 17.1 Å². The summed E-state index contributed by atoms with van der Waals surface area (Å²) in [6.45, 7) is 1.87. The standard InChI is InChI=1S/C12H13NO5/c1-3-17-11(15)10(14)7-5-4-6-8-9(7)13-12(16-2)18-8/h4-6,10,14H,3H2,1-2H3. The summed E-state index contributed by atoms with van der Waals surface area (Å²) in [4.78, 5) is 15.5. The number of esters is 1. The van der Waals surface area contributed by atoms with Gasteiger partial charge in [0.25, 0.3) is 0 Å². The van der Waals surface area contributed by atoms with Crippen molar-refractivity contribution < 1.29 is 23.8 Å². The van der Waals surface area contributed by atoms with E-state index in [1.165, 1.54) is 7.11 Å². The maximum atomic E-state index is 11.5. The number of carbonyl (C=O) groups excluding carboxylic acids is 1. The van der Waals surface area contributed by atoms with Crippen molar-refractivity contribution in [3.63, 3.8) is 0 Å². The Hall–Kier alpha value is -2.08. The number of hydrogen-bond acceptors (Lipinski definition) is 6. The molecule has 1 aromatic heterocycles. The molecular weight excluding hydrogens is 238 g/mol. The highest BCUT2D eigenvalue weighted by atomic mass is 16.6. The van der Waals surface area contributed by atoms with Crippen LogP contribution in [0.2, 0.25) is 0 Å². The van der Waals surface area contributed by atoms with Gasteiger partial charge in [-0.15, -0.1) is 0 Å². The molecule has 1 aromatic carbocycles. The van der Waals surface area contributed by atoms with Gasteiger partial charge in [-0.05, 0) is 13.0 Å². The van der Waals surface area contributed by atoms with Gasteiger partial charge in [-0.25, -0.2) is 4.79 Å². The summed E-state index contributed by atoms with van der Waals surface area (Å²) in [7, 11) is 1.42. The number of ether oxygens (including phenoxy) is 2. The molecule has 1 unspecified atom stereocenters.